The Bertz CT molecular complexity index is 322. The summed E-state index contributed by atoms with van der Waals surface area (Å²) < 4.78 is 1.96. The second-order valence-electron chi connectivity index (χ2n) is 4.39. The molecule has 3 nitrogen and oxygen atoms in total. The molecule has 1 rings (SSSR count). The topological polar surface area (TPSA) is 29.9 Å². The van der Waals surface area contributed by atoms with Gasteiger partial charge in [-0.2, -0.15) is 5.10 Å². The normalized spacial score (nSPS) is 15.1. The van der Waals surface area contributed by atoms with E-state index < -0.39 is 0 Å². The Labute approximate surface area is 103 Å². The predicted molar refractivity (Wildman–Crippen MR) is 71.0 cm³/mol. The van der Waals surface area contributed by atoms with Crippen LogP contribution in [0.5, 0.6) is 0 Å². The Kier molecular flexibility index (Phi) is 5.35. The Morgan fingerprint density at radius 2 is 2.19 bits per heavy atom. The Morgan fingerprint density at radius 3 is 2.69 bits per heavy atom. The number of hydrogen-bond donors (Lipinski definition) is 1. The van der Waals surface area contributed by atoms with Gasteiger partial charge in [0, 0.05) is 24.9 Å². The van der Waals surface area contributed by atoms with Crippen LogP contribution in [-0.2, 0) is 7.05 Å². The summed E-state index contributed by atoms with van der Waals surface area (Å²) in [7, 11) is 2.00. The van der Waals surface area contributed by atoms with Gasteiger partial charge in [-0.1, -0.05) is 13.8 Å². The molecule has 1 N–H and O–H groups in total. The molecule has 0 saturated carbocycles. The van der Waals surface area contributed by atoms with Crippen molar-refractivity contribution >= 4 is 11.8 Å². The lowest BCUT2D eigenvalue weighted by atomic mass is 10.2. The van der Waals surface area contributed by atoms with Crippen molar-refractivity contribution in [1.29, 1.82) is 0 Å². The fourth-order valence-corrected chi connectivity index (χ4v) is 2.48. The third-order valence-electron chi connectivity index (χ3n) is 2.65. The zero-order valence-corrected chi connectivity index (χ0v) is 11.8. The Hall–Kier alpha value is -0.480. The molecule has 16 heavy (non-hydrogen) atoms. The van der Waals surface area contributed by atoms with Crippen molar-refractivity contribution in [3.8, 4) is 0 Å². The molecule has 0 aliphatic carbocycles. The van der Waals surface area contributed by atoms with Crippen molar-refractivity contribution in [2.24, 2.45) is 7.05 Å². The minimum absolute atomic E-state index is 0.573. The lowest BCUT2D eigenvalue weighted by Crippen LogP contribution is -2.30. The van der Waals surface area contributed by atoms with Gasteiger partial charge in [-0.15, -0.1) is 11.8 Å². The van der Waals surface area contributed by atoms with E-state index in [0.29, 0.717) is 11.3 Å². The summed E-state index contributed by atoms with van der Waals surface area (Å²) >= 11 is 1.88. The van der Waals surface area contributed by atoms with Crippen LogP contribution in [0.4, 0.5) is 0 Å². The molecule has 0 spiro atoms. The number of rotatable bonds is 6. The highest BCUT2D eigenvalue weighted by Gasteiger charge is 2.09. The van der Waals surface area contributed by atoms with Crippen LogP contribution in [0.25, 0.3) is 0 Å². The molecule has 1 aromatic rings. The lowest BCUT2D eigenvalue weighted by Gasteiger charge is -2.16. The summed E-state index contributed by atoms with van der Waals surface area (Å²) in [5.41, 5.74) is 1.09. The fourth-order valence-electron chi connectivity index (χ4n) is 1.46. The standard InChI is InChI=1S/C12H23N3S/c1-6-9(2)13-8-11(4)16-12-7-10(3)14-15(12)5/h7,9,11,13H,6,8H2,1-5H3. The van der Waals surface area contributed by atoms with Crippen molar-refractivity contribution in [2.45, 2.75) is 50.4 Å². The molecule has 0 radical (unpaired) electrons. The minimum Gasteiger partial charge on any atom is -0.313 e. The van der Waals surface area contributed by atoms with E-state index in [1.54, 1.807) is 0 Å². The van der Waals surface area contributed by atoms with Gasteiger partial charge in [0.2, 0.25) is 0 Å². The van der Waals surface area contributed by atoms with E-state index in [2.05, 4.69) is 37.3 Å². The van der Waals surface area contributed by atoms with Crippen molar-refractivity contribution in [3.05, 3.63) is 11.8 Å². The van der Waals surface area contributed by atoms with Crippen molar-refractivity contribution < 1.29 is 0 Å². The van der Waals surface area contributed by atoms with Crippen LogP contribution >= 0.6 is 11.8 Å². The molecule has 0 aromatic carbocycles. The van der Waals surface area contributed by atoms with Crippen LogP contribution in [0.15, 0.2) is 11.1 Å². The summed E-state index contributed by atoms with van der Waals surface area (Å²) in [6, 6.07) is 2.75. The van der Waals surface area contributed by atoms with Gasteiger partial charge in [-0.3, -0.25) is 4.68 Å². The van der Waals surface area contributed by atoms with Gasteiger partial charge in [-0.05, 0) is 26.3 Å². The van der Waals surface area contributed by atoms with Crippen LogP contribution in [0.2, 0.25) is 0 Å². The van der Waals surface area contributed by atoms with Gasteiger partial charge >= 0.3 is 0 Å². The molecule has 0 fully saturated rings. The van der Waals surface area contributed by atoms with E-state index in [9.17, 15) is 0 Å². The summed E-state index contributed by atoms with van der Waals surface area (Å²) in [5, 5.41) is 9.70. The van der Waals surface area contributed by atoms with E-state index in [-0.39, 0.29) is 0 Å². The monoisotopic (exact) mass is 241 g/mol. The second-order valence-corrected chi connectivity index (χ2v) is 5.85. The fraction of sp³-hybridized carbons (Fsp3) is 0.750. The molecule has 2 unspecified atom stereocenters. The molecule has 1 aromatic heterocycles. The SMILES string of the molecule is CCC(C)NCC(C)Sc1cc(C)nn1C. The molecule has 0 bridgehead atoms. The molecule has 0 amide bonds. The van der Waals surface area contributed by atoms with Crippen molar-refractivity contribution in [3.63, 3.8) is 0 Å². The van der Waals surface area contributed by atoms with Gasteiger partial charge in [0.1, 0.15) is 0 Å². The highest BCUT2D eigenvalue weighted by atomic mass is 32.2. The summed E-state index contributed by atoms with van der Waals surface area (Å²) in [6.07, 6.45) is 1.18. The second kappa shape index (κ2) is 6.30. The maximum Gasteiger partial charge on any atom is 0.0942 e. The van der Waals surface area contributed by atoms with Gasteiger partial charge < -0.3 is 5.32 Å². The summed E-state index contributed by atoms with van der Waals surface area (Å²) in [6.45, 7) is 9.77. The van der Waals surface area contributed by atoms with Crippen molar-refractivity contribution in [2.75, 3.05) is 6.54 Å². The van der Waals surface area contributed by atoms with Crippen LogP contribution in [0, 0.1) is 6.92 Å². The number of nitrogens with one attached hydrogen (secondary N) is 1. The maximum absolute atomic E-state index is 4.35. The highest BCUT2D eigenvalue weighted by molar-refractivity contribution is 7.99. The summed E-state index contributed by atoms with van der Waals surface area (Å²) in [4.78, 5) is 0. The molecule has 92 valence electrons. The third-order valence-corrected chi connectivity index (χ3v) is 3.84. The predicted octanol–water partition coefficient (Wildman–Crippen LogP) is 2.60. The molecule has 0 aliphatic heterocycles. The first-order chi connectivity index (χ1) is 7.52. The lowest BCUT2D eigenvalue weighted by molar-refractivity contribution is 0.536. The molecular formula is C12H23N3S. The Morgan fingerprint density at radius 1 is 1.50 bits per heavy atom. The number of nitrogens with zero attached hydrogens (tertiary/aromatic N) is 2. The van der Waals surface area contributed by atoms with Gasteiger partial charge in [0.05, 0.1) is 10.7 Å². The molecule has 1 heterocycles. The van der Waals surface area contributed by atoms with E-state index in [0.717, 1.165) is 12.2 Å². The average Bonchev–Trinajstić information content (AvgIpc) is 2.54. The number of thioether (sulfide) groups is 1. The van der Waals surface area contributed by atoms with E-state index in [1.165, 1.54) is 11.4 Å². The van der Waals surface area contributed by atoms with Crippen LogP contribution in [0.3, 0.4) is 0 Å². The van der Waals surface area contributed by atoms with E-state index in [1.807, 2.05) is 30.4 Å². The first kappa shape index (κ1) is 13.6. The number of aryl methyl sites for hydroxylation is 2. The van der Waals surface area contributed by atoms with Gasteiger partial charge in [-0.25, -0.2) is 0 Å². The molecule has 0 saturated heterocycles. The van der Waals surface area contributed by atoms with Gasteiger partial charge in [0.25, 0.3) is 0 Å². The maximum atomic E-state index is 4.35. The molecular weight excluding hydrogens is 218 g/mol. The minimum atomic E-state index is 0.573. The van der Waals surface area contributed by atoms with Gasteiger partial charge in [0.15, 0.2) is 0 Å². The van der Waals surface area contributed by atoms with E-state index in [4.69, 9.17) is 0 Å². The number of hydrogen-bond acceptors (Lipinski definition) is 3. The number of aromatic nitrogens is 2. The zero-order valence-electron chi connectivity index (χ0n) is 10.9. The van der Waals surface area contributed by atoms with Crippen LogP contribution in [0.1, 0.15) is 32.9 Å². The zero-order chi connectivity index (χ0) is 12.1. The smallest absolute Gasteiger partial charge is 0.0942 e. The first-order valence-corrected chi connectivity index (χ1v) is 6.81. The van der Waals surface area contributed by atoms with Crippen LogP contribution < -0.4 is 5.32 Å². The Balaban J connectivity index is 2.39. The highest BCUT2D eigenvalue weighted by Crippen LogP contribution is 2.22. The third kappa shape index (κ3) is 4.18. The first-order valence-electron chi connectivity index (χ1n) is 5.93. The largest absolute Gasteiger partial charge is 0.313 e. The average molecular weight is 241 g/mol. The van der Waals surface area contributed by atoms with Crippen molar-refractivity contribution in [1.82, 2.24) is 15.1 Å². The molecule has 0 aliphatic rings. The van der Waals surface area contributed by atoms with Crippen LogP contribution in [-0.4, -0.2) is 27.6 Å². The molecule has 2 atom stereocenters. The van der Waals surface area contributed by atoms with E-state index >= 15 is 0 Å². The summed E-state index contributed by atoms with van der Waals surface area (Å²) in [5.74, 6) is 0. The molecule has 4 heteroatoms. The quantitative estimate of drug-likeness (QED) is 0.776.